The minimum absolute atomic E-state index is 0.268. The summed E-state index contributed by atoms with van der Waals surface area (Å²) < 4.78 is 9.71. The lowest BCUT2D eigenvalue weighted by molar-refractivity contribution is -0.675. The number of allylic oxidation sites excluding steroid dienone is 3. The Morgan fingerprint density at radius 2 is 2.24 bits per heavy atom. The maximum atomic E-state index is 11.2. The van der Waals surface area contributed by atoms with Gasteiger partial charge in [0, 0.05) is 43.8 Å². The van der Waals surface area contributed by atoms with Crippen LogP contribution in [0.3, 0.4) is 0 Å². The van der Waals surface area contributed by atoms with Crippen LogP contribution >= 0.6 is 11.8 Å². The second-order valence-corrected chi connectivity index (χ2v) is 8.27. The molecular weight excluding hydrogens is 384 g/mol. The average molecular weight is 410 g/mol. The summed E-state index contributed by atoms with van der Waals surface area (Å²) in [6.07, 6.45) is 5.43. The quantitative estimate of drug-likeness (QED) is 0.561. The minimum Gasteiger partial charge on any atom is -0.462 e. The van der Waals surface area contributed by atoms with E-state index >= 15 is 0 Å². The molecule has 1 aromatic heterocycles. The van der Waals surface area contributed by atoms with Crippen LogP contribution < -0.4 is 4.57 Å². The smallest absolute Gasteiger partial charge is 0.302 e. The molecule has 0 atom stereocenters. The van der Waals surface area contributed by atoms with Crippen molar-refractivity contribution < 1.29 is 14.1 Å². The molecule has 0 amide bonds. The third kappa shape index (κ3) is 3.77. The highest BCUT2D eigenvalue weighted by Gasteiger charge is 2.33. The van der Waals surface area contributed by atoms with E-state index in [1.807, 2.05) is 30.0 Å². The summed E-state index contributed by atoms with van der Waals surface area (Å²) >= 11 is 1.91. The number of nitriles is 1. The van der Waals surface area contributed by atoms with Crippen LogP contribution in [0.15, 0.2) is 35.4 Å². The molecule has 29 heavy (non-hydrogen) atoms. The second kappa shape index (κ2) is 8.34. The number of aryl methyl sites for hydroxylation is 1. The molecule has 2 aromatic rings. The third-order valence-corrected chi connectivity index (χ3v) is 6.52. The number of imidazole rings is 1. The zero-order chi connectivity index (χ0) is 20.4. The van der Waals surface area contributed by atoms with Crippen molar-refractivity contribution in [1.82, 2.24) is 9.47 Å². The zero-order valence-electron chi connectivity index (χ0n) is 16.9. The highest BCUT2D eigenvalue weighted by Crippen LogP contribution is 2.32. The van der Waals surface area contributed by atoms with Gasteiger partial charge in [0.05, 0.1) is 23.2 Å². The number of carbonyl (C=O) groups excluding carboxylic acids is 1. The second-order valence-electron chi connectivity index (χ2n) is 7.16. The van der Waals surface area contributed by atoms with E-state index in [1.165, 1.54) is 17.5 Å². The number of carbonyl (C=O) groups is 1. The van der Waals surface area contributed by atoms with Gasteiger partial charge in [-0.2, -0.15) is 5.26 Å². The monoisotopic (exact) mass is 409 g/mol. The third-order valence-electron chi connectivity index (χ3n) is 5.44. The highest BCUT2D eigenvalue weighted by molar-refractivity contribution is 8.03. The number of hydrogen-bond donors (Lipinski definition) is 0. The number of fused-ring (bicyclic) bond motifs is 3. The van der Waals surface area contributed by atoms with Crippen molar-refractivity contribution in [2.45, 2.75) is 33.4 Å². The fraction of sp³-hybridized carbons (Fsp3) is 0.409. The standard InChI is InChI=1S/C22H25N4O2S/c1-3-24-11-13-29-21(24)7-5-18-8-9-25-20-14-17(15-23)4-6-19(20)26(22(18)25)10-12-28-16(2)27/h4-7,14H,3,8-13H2,1-2H3/q+1. The van der Waals surface area contributed by atoms with E-state index in [0.717, 1.165) is 48.7 Å². The Morgan fingerprint density at radius 3 is 3.00 bits per heavy atom. The number of hydrogen-bond acceptors (Lipinski definition) is 5. The Hall–Kier alpha value is -2.72. The molecule has 0 bridgehead atoms. The van der Waals surface area contributed by atoms with Gasteiger partial charge in [-0.3, -0.25) is 4.79 Å². The molecule has 0 aliphatic carbocycles. The predicted molar refractivity (Wildman–Crippen MR) is 114 cm³/mol. The van der Waals surface area contributed by atoms with Gasteiger partial charge in [0.1, 0.15) is 13.2 Å². The van der Waals surface area contributed by atoms with E-state index in [9.17, 15) is 10.1 Å². The molecule has 6 nitrogen and oxygen atoms in total. The van der Waals surface area contributed by atoms with Crippen molar-refractivity contribution in [3.63, 3.8) is 0 Å². The van der Waals surface area contributed by atoms with Gasteiger partial charge in [0.25, 0.3) is 5.82 Å². The molecule has 7 heteroatoms. The summed E-state index contributed by atoms with van der Waals surface area (Å²) in [5.74, 6) is 2.02. The normalized spacial score (nSPS) is 18.6. The maximum Gasteiger partial charge on any atom is 0.302 e. The first-order valence-electron chi connectivity index (χ1n) is 10.0. The Bertz CT molecular complexity index is 1060. The van der Waals surface area contributed by atoms with E-state index < -0.39 is 0 Å². The lowest BCUT2D eigenvalue weighted by Crippen LogP contribution is -2.39. The fourth-order valence-electron chi connectivity index (χ4n) is 4.09. The van der Waals surface area contributed by atoms with E-state index in [2.05, 4.69) is 39.2 Å². The molecule has 2 aliphatic heterocycles. The Labute approximate surface area is 175 Å². The van der Waals surface area contributed by atoms with E-state index in [4.69, 9.17) is 4.74 Å². The molecular formula is C22H25N4O2S+. The molecule has 0 saturated carbocycles. The van der Waals surface area contributed by atoms with Gasteiger partial charge in [0.15, 0.2) is 11.0 Å². The lowest BCUT2D eigenvalue weighted by atomic mass is 10.2. The number of thioether (sulfide) groups is 1. The van der Waals surface area contributed by atoms with Crippen molar-refractivity contribution in [2.75, 3.05) is 25.4 Å². The first-order valence-corrected chi connectivity index (χ1v) is 11.0. The maximum absolute atomic E-state index is 11.2. The number of nitrogens with zero attached hydrogens (tertiary/aromatic N) is 4. The van der Waals surface area contributed by atoms with Gasteiger partial charge in [-0.25, -0.2) is 9.13 Å². The topological polar surface area (TPSA) is 62.1 Å². The van der Waals surface area contributed by atoms with Crippen molar-refractivity contribution in [1.29, 1.82) is 5.26 Å². The van der Waals surface area contributed by atoms with Gasteiger partial charge >= 0.3 is 5.97 Å². The molecule has 0 unspecified atom stereocenters. The van der Waals surface area contributed by atoms with Crippen LogP contribution in [0.25, 0.3) is 16.6 Å². The highest BCUT2D eigenvalue weighted by atomic mass is 32.2. The van der Waals surface area contributed by atoms with E-state index in [1.54, 1.807) is 0 Å². The molecule has 0 radical (unpaired) electrons. The first kappa shape index (κ1) is 19.6. The molecule has 1 fully saturated rings. The SMILES string of the molecule is CCN1CCSC1=CC=C1CCn2c1[n+](CCOC(C)=O)c1ccc(C#N)cc12. The van der Waals surface area contributed by atoms with Crippen LogP contribution in [0, 0.1) is 11.3 Å². The summed E-state index contributed by atoms with van der Waals surface area (Å²) in [7, 11) is 0. The van der Waals surface area contributed by atoms with Gasteiger partial charge in [-0.1, -0.05) is 0 Å². The number of benzene rings is 1. The van der Waals surface area contributed by atoms with E-state index in [-0.39, 0.29) is 5.97 Å². The summed E-state index contributed by atoms with van der Waals surface area (Å²) in [5, 5.41) is 10.6. The Morgan fingerprint density at radius 1 is 1.38 bits per heavy atom. The van der Waals surface area contributed by atoms with Crippen LogP contribution in [0.2, 0.25) is 0 Å². The largest absolute Gasteiger partial charge is 0.462 e. The van der Waals surface area contributed by atoms with Crippen LogP contribution in [0.5, 0.6) is 0 Å². The molecule has 3 heterocycles. The molecule has 4 rings (SSSR count). The Kier molecular flexibility index (Phi) is 5.63. The van der Waals surface area contributed by atoms with Gasteiger partial charge < -0.3 is 9.64 Å². The van der Waals surface area contributed by atoms with Crippen molar-refractivity contribution in [2.24, 2.45) is 0 Å². The predicted octanol–water partition coefficient (Wildman–Crippen LogP) is 3.06. The number of aromatic nitrogens is 2. The van der Waals surface area contributed by atoms with Crippen LogP contribution in [0.1, 0.15) is 31.7 Å². The van der Waals surface area contributed by atoms with Crippen molar-refractivity contribution in [3.8, 4) is 6.07 Å². The molecule has 150 valence electrons. The summed E-state index contributed by atoms with van der Waals surface area (Å²) in [4.78, 5) is 13.6. The summed E-state index contributed by atoms with van der Waals surface area (Å²) in [5.41, 5.74) is 4.06. The number of ether oxygens (including phenoxy) is 1. The summed E-state index contributed by atoms with van der Waals surface area (Å²) in [6.45, 7) is 7.57. The van der Waals surface area contributed by atoms with Crippen molar-refractivity contribution in [3.05, 3.63) is 46.8 Å². The van der Waals surface area contributed by atoms with Crippen molar-refractivity contribution >= 4 is 34.3 Å². The first-order chi connectivity index (χ1) is 14.1. The molecule has 1 aromatic carbocycles. The number of esters is 1. The zero-order valence-corrected chi connectivity index (χ0v) is 17.7. The fourth-order valence-corrected chi connectivity index (χ4v) is 5.18. The van der Waals surface area contributed by atoms with Crippen LogP contribution in [-0.2, 0) is 22.6 Å². The molecule has 0 N–H and O–H groups in total. The van der Waals surface area contributed by atoms with Gasteiger partial charge in [-0.15, -0.1) is 11.8 Å². The summed E-state index contributed by atoms with van der Waals surface area (Å²) in [6, 6.07) is 8.03. The minimum atomic E-state index is -0.268. The average Bonchev–Trinajstić information content (AvgIpc) is 3.41. The van der Waals surface area contributed by atoms with Gasteiger partial charge in [-0.05, 0) is 31.2 Å². The Balaban J connectivity index is 1.76. The molecule has 0 spiro atoms. The van der Waals surface area contributed by atoms with Gasteiger partial charge in [0.2, 0.25) is 0 Å². The van der Waals surface area contributed by atoms with Crippen LogP contribution in [-0.4, -0.2) is 40.9 Å². The van der Waals surface area contributed by atoms with Crippen LogP contribution in [0.4, 0.5) is 0 Å². The number of rotatable bonds is 5. The lowest BCUT2D eigenvalue weighted by Gasteiger charge is -2.15. The van der Waals surface area contributed by atoms with E-state index in [0.29, 0.717) is 18.7 Å². The molecule has 1 saturated heterocycles. The molecule has 2 aliphatic rings.